The van der Waals surface area contributed by atoms with Crippen molar-refractivity contribution in [2.75, 3.05) is 26.2 Å². The maximum absolute atomic E-state index is 13.3. The maximum atomic E-state index is 13.3. The van der Waals surface area contributed by atoms with Crippen molar-refractivity contribution in [3.8, 4) is 0 Å². The van der Waals surface area contributed by atoms with Gasteiger partial charge in [-0.25, -0.2) is 4.39 Å². The van der Waals surface area contributed by atoms with Crippen molar-refractivity contribution >= 4 is 21.8 Å². The van der Waals surface area contributed by atoms with Crippen LogP contribution in [0.2, 0.25) is 0 Å². The smallest absolute Gasteiger partial charge is 0.247 e. The van der Waals surface area contributed by atoms with E-state index in [4.69, 9.17) is 0 Å². The van der Waals surface area contributed by atoms with Gasteiger partial charge in [-0.3, -0.25) is 14.4 Å². The molecule has 1 unspecified atom stereocenters. The molecule has 0 saturated carbocycles. The predicted octanol–water partition coefficient (Wildman–Crippen LogP) is 3.31. The minimum Gasteiger partial charge on any atom is -0.338 e. The van der Waals surface area contributed by atoms with Gasteiger partial charge in [-0.1, -0.05) is 12.1 Å². The molecule has 1 aromatic heterocycles. The monoisotopic (exact) mass is 422 g/mol. The summed E-state index contributed by atoms with van der Waals surface area (Å²) >= 11 is 3.52. The Hall–Kier alpha value is -1.73. The molecule has 1 aliphatic heterocycles. The number of rotatable bonds is 4. The molecular weight excluding hydrogens is 399 g/mol. The van der Waals surface area contributed by atoms with Gasteiger partial charge in [0.2, 0.25) is 5.91 Å². The quantitative estimate of drug-likeness (QED) is 0.758. The molecule has 0 spiro atoms. The summed E-state index contributed by atoms with van der Waals surface area (Å²) in [5.74, 6) is -0.116. The Balaban J connectivity index is 1.58. The maximum Gasteiger partial charge on any atom is 0.247 e. The van der Waals surface area contributed by atoms with Gasteiger partial charge in [0.1, 0.15) is 11.9 Å². The van der Waals surface area contributed by atoms with Crippen LogP contribution in [0.3, 0.4) is 0 Å². The van der Waals surface area contributed by atoms with E-state index < -0.39 is 0 Å². The van der Waals surface area contributed by atoms with Crippen LogP contribution in [0, 0.1) is 19.7 Å². The van der Waals surface area contributed by atoms with Gasteiger partial charge < -0.3 is 4.90 Å². The number of nitrogens with zero attached hydrogens (tertiary/aromatic N) is 4. The summed E-state index contributed by atoms with van der Waals surface area (Å²) < 4.78 is 16.1. The van der Waals surface area contributed by atoms with Crippen LogP contribution >= 0.6 is 15.9 Å². The summed E-state index contributed by atoms with van der Waals surface area (Å²) in [7, 11) is 0. The number of benzene rings is 1. The lowest BCUT2D eigenvalue weighted by molar-refractivity contribution is -0.136. The van der Waals surface area contributed by atoms with Gasteiger partial charge in [0.15, 0.2) is 0 Å². The lowest BCUT2D eigenvalue weighted by atomic mass is 10.2. The summed E-state index contributed by atoms with van der Waals surface area (Å²) in [4.78, 5) is 17.0. The van der Waals surface area contributed by atoms with Crippen molar-refractivity contribution in [2.45, 2.75) is 33.4 Å². The van der Waals surface area contributed by atoms with Crippen molar-refractivity contribution < 1.29 is 9.18 Å². The first-order valence-corrected chi connectivity index (χ1v) is 9.63. The molecule has 1 saturated heterocycles. The minimum absolute atomic E-state index is 0.0912. The molecule has 1 atom stereocenters. The molecule has 5 nitrogen and oxygen atoms in total. The van der Waals surface area contributed by atoms with E-state index in [-0.39, 0.29) is 17.8 Å². The van der Waals surface area contributed by atoms with Gasteiger partial charge >= 0.3 is 0 Å². The first-order valence-electron chi connectivity index (χ1n) is 8.83. The van der Waals surface area contributed by atoms with E-state index in [0.717, 1.165) is 34.5 Å². The van der Waals surface area contributed by atoms with E-state index >= 15 is 0 Å². The Morgan fingerprint density at radius 3 is 2.54 bits per heavy atom. The van der Waals surface area contributed by atoms with Crippen LogP contribution in [-0.4, -0.2) is 51.7 Å². The van der Waals surface area contributed by atoms with E-state index in [1.165, 1.54) is 6.07 Å². The van der Waals surface area contributed by atoms with Crippen molar-refractivity contribution in [3.05, 3.63) is 51.5 Å². The van der Waals surface area contributed by atoms with E-state index in [9.17, 15) is 9.18 Å². The fourth-order valence-electron chi connectivity index (χ4n) is 3.41. The number of hydrogen-bond donors (Lipinski definition) is 0. The summed E-state index contributed by atoms with van der Waals surface area (Å²) in [6, 6.07) is 6.37. The summed E-state index contributed by atoms with van der Waals surface area (Å²) in [6.45, 7) is 9.43. The molecule has 1 aromatic carbocycles. The summed E-state index contributed by atoms with van der Waals surface area (Å²) in [6.07, 6.45) is 0. The van der Waals surface area contributed by atoms with E-state index in [1.807, 2.05) is 31.7 Å². The number of aryl methyl sites for hydroxylation is 1. The van der Waals surface area contributed by atoms with Crippen LogP contribution in [0.4, 0.5) is 4.39 Å². The second kappa shape index (κ2) is 7.88. The number of carbonyl (C=O) groups excluding carboxylic acids is 1. The molecule has 0 aliphatic carbocycles. The van der Waals surface area contributed by atoms with Gasteiger partial charge in [-0.15, -0.1) is 0 Å². The second-order valence-electron chi connectivity index (χ2n) is 6.84. The highest BCUT2D eigenvalue weighted by Gasteiger charge is 2.27. The highest BCUT2D eigenvalue weighted by Crippen LogP contribution is 2.24. The third kappa shape index (κ3) is 3.99. The Morgan fingerprint density at radius 2 is 1.96 bits per heavy atom. The van der Waals surface area contributed by atoms with Crippen LogP contribution in [-0.2, 0) is 11.3 Å². The number of piperazine rings is 1. The van der Waals surface area contributed by atoms with E-state index in [2.05, 4.69) is 25.9 Å². The van der Waals surface area contributed by atoms with Crippen molar-refractivity contribution in [1.29, 1.82) is 0 Å². The summed E-state index contributed by atoms with van der Waals surface area (Å²) in [5.41, 5.74) is 2.82. The number of carbonyl (C=O) groups is 1. The van der Waals surface area contributed by atoms with Gasteiger partial charge in [0.25, 0.3) is 0 Å². The molecule has 1 amide bonds. The Morgan fingerprint density at radius 1 is 1.27 bits per heavy atom. The molecule has 26 heavy (non-hydrogen) atoms. The topological polar surface area (TPSA) is 41.4 Å². The minimum atomic E-state index is -0.324. The molecular formula is C19H24BrFN4O. The fourth-order valence-corrected chi connectivity index (χ4v) is 3.67. The lowest BCUT2D eigenvalue weighted by Crippen LogP contribution is -2.50. The van der Waals surface area contributed by atoms with Crippen LogP contribution < -0.4 is 0 Å². The van der Waals surface area contributed by atoms with Crippen molar-refractivity contribution in [3.63, 3.8) is 0 Å². The zero-order valence-electron chi connectivity index (χ0n) is 15.4. The third-order valence-electron chi connectivity index (χ3n) is 4.94. The normalized spacial score (nSPS) is 16.7. The highest BCUT2D eigenvalue weighted by atomic mass is 79.9. The Labute approximate surface area is 161 Å². The standard InChI is InChI=1S/C19H24BrFN4O/c1-13-18(20)14(2)25(22-13)15(3)19(26)24-9-7-23(8-10-24)12-16-5-4-6-17(21)11-16/h4-6,11,15H,7-10,12H2,1-3H3. The first-order chi connectivity index (χ1) is 12.4. The van der Waals surface area contributed by atoms with E-state index in [1.54, 1.807) is 16.8 Å². The summed E-state index contributed by atoms with van der Waals surface area (Å²) in [5, 5.41) is 4.48. The molecule has 3 rings (SSSR count). The fraction of sp³-hybridized carbons (Fsp3) is 0.474. The Bertz CT molecular complexity index is 799. The molecule has 2 heterocycles. The molecule has 7 heteroatoms. The molecule has 2 aromatic rings. The van der Waals surface area contributed by atoms with Gasteiger partial charge in [0, 0.05) is 32.7 Å². The second-order valence-corrected chi connectivity index (χ2v) is 7.63. The number of amides is 1. The van der Waals surface area contributed by atoms with Crippen LogP contribution in [0.15, 0.2) is 28.7 Å². The van der Waals surface area contributed by atoms with Crippen LogP contribution in [0.25, 0.3) is 0 Å². The van der Waals surface area contributed by atoms with Gasteiger partial charge in [-0.2, -0.15) is 5.10 Å². The van der Waals surface area contributed by atoms with Crippen molar-refractivity contribution in [1.82, 2.24) is 19.6 Å². The average Bonchev–Trinajstić information content (AvgIpc) is 2.88. The SMILES string of the molecule is Cc1nn(C(C)C(=O)N2CCN(Cc3cccc(F)c3)CC2)c(C)c1Br. The van der Waals surface area contributed by atoms with E-state index in [0.29, 0.717) is 19.6 Å². The van der Waals surface area contributed by atoms with Crippen LogP contribution in [0.1, 0.15) is 29.9 Å². The van der Waals surface area contributed by atoms with Gasteiger partial charge in [0.05, 0.1) is 15.9 Å². The van der Waals surface area contributed by atoms with Gasteiger partial charge in [-0.05, 0) is 54.4 Å². The molecule has 0 bridgehead atoms. The number of aromatic nitrogens is 2. The zero-order valence-corrected chi connectivity index (χ0v) is 17.0. The Kier molecular flexibility index (Phi) is 5.77. The molecule has 0 N–H and O–H groups in total. The largest absolute Gasteiger partial charge is 0.338 e. The molecule has 1 aliphatic rings. The molecule has 140 valence electrons. The molecule has 0 radical (unpaired) electrons. The zero-order chi connectivity index (χ0) is 18.8. The first kappa shape index (κ1) is 19.0. The highest BCUT2D eigenvalue weighted by molar-refractivity contribution is 9.10. The predicted molar refractivity (Wildman–Crippen MR) is 102 cm³/mol. The van der Waals surface area contributed by atoms with Crippen molar-refractivity contribution in [2.24, 2.45) is 0 Å². The third-order valence-corrected chi connectivity index (χ3v) is 6.09. The number of hydrogen-bond acceptors (Lipinski definition) is 3. The molecule has 1 fully saturated rings. The lowest BCUT2D eigenvalue weighted by Gasteiger charge is -2.36. The average molecular weight is 423 g/mol. The number of halogens is 2. The van der Waals surface area contributed by atoms with Crippen LogP contribution in [0.5, 0.6) is 0 Å².